The van der Waals surface area contributed by atoms with Gasteiger partial charge in [-0.3, -0.25) is 0 Å². The molecule has 0 saturated carbocycles. The van der Waals surface area contributed by atoms with E-state index in [0.29, 0.717) is 10.2 Å². The second-order valence-electron chi connectivity index (χ2n) is 2.54. The van der Waals surface area contributed by atoms with E-state index in [4.69, 9.17) is 17.3 Å². The zero-order valence-corrected chi connectivity index (χ0v) is 8.27. The van der Waals surface area contributed by atoms with Gasteiger partial charge in [-0.25, -0.2) is 4.98 Å². The van der Waals surface area contributed by atoms with Crippen molar-refractivity contribution in [3.8, 4) is 10.6 Å². The number of nitrogen functional groups attached to an aromatic ring is 1. The summed E-state index contributed by atoms with van der Waals surface area (Å²) in [6.07, 6.45) is 0. The van der Waals surface area contributed by atoms with Crippen LogP contribution in [0.5, 0.6) is 0 Å². The maximum atomic E-state index is 5.75. The Hall–Kier alpha value is -1.06. The first kappa shape index (κ1) is 8.53. The Morgan fingerprint density at radius 2 is 1.92 bits per heavy atom. The molecule has 0 amide bonds. The van der Waals surface area contributed by atoms with Crippen molar-refractivity contribution in [2.24, 2.45) is 0 Å². The molecule has 2 N–H and O–H groups in total. The van der Waals surface area contributed by atoms with Gasteiger partial charge in [0.1, 0.15) is 10.0 Å². The van der Waals surface area contributed by atoms with Crippen LogP contribution in [-0.2, 0) is 0 Å². The summed E-state index contributed by atoms with van der Waals surface area (Å²) < 4.78 is 0. The van der Waals surface area contributed by atoms with Crippen molar-refractivity contribution in [1.29, 1.82) is 0 Å². The highest BCUT2D eigenvalue weighted by Gasteiger charge is 2.06. The van der Waals surface area contributed by atoms with Gasteiger partial charge >= 0.3 is 0 Å². The van der Waals surface area contributed by atoms with Crippen molar-refractivity contribution >= 4 is 27.9 Å². The molecule has 2 rings (SSSR count). The molecule has 0 radical (unpaired) electrons. The summed E-state index contributed by atoms with van der Waals surface area (Å²) in [5, 5.41) is 1.83. The number of hydrogen-bond acceptors (Lipinski definition) is 3. The second-order valence-corrected chi connectivity index (χ2v) is 3.93. The summed E-state index contributed by atoms with van der Waals surface area (Å²) in [5.41, 5.74) is 6.65. The number of rotatable bonds is 1. The lowest BCUT2D eigenvalue weighted by molar-refractivity contribution is 1.41. The lowest BCUT2D eigenvalue weighted by Gasteiger charge is -1.92. The molecular weight excluding hydrogens is 204 g/mol. The smallest absolute Gasteiger partial charge is 0.164 e. The number of nitrogens with two attached hydrogens (primary N) is 1. The van der Waals surface area contributed by atoms with Crippen molar-refractivity contribution in [3.63, 3.8) is 0 Å². The molecule has 1 heterocycles. The van der Waals surface area contributed by atoms with E-state index >= 15 is 0 Å². The second kappa shape index (κ2) is 3.36. The van der Waals surface area contributed by atoms with Crippen molar-refractivity contribution in [1.82, 2.24) is 4.98 Å². The first-order valence-corrected chi connectivity index (χ1v) is 4.94. The quantitative estimate of drug-likeness (QED) is 0.786. The first-order chi connectivity index (χ1) is 6.27. The van der Waals surface area contributed by atoms with Crippen LogP contribution < -0.4 is 5.73 Å². The monoisotopic (exact) mass is 210 g/mol. The molecule has 0 aliphatic rings. The van der Waals surface area contributed by atoms with Gasteiger partial charge in [0.25, 0.3) is 0 Å². The molecule has 0 bridgehead atoms. The van der Waals surface area contributed by atoms with Crippen LogP contribution in [0.4, 0.5) is 5.00 Å². The van der Waals surface area contributed by atoms with Gasteiger partial charge in [0, 0.05) is 5.56 Å². The maximum absolute atomic E-state index is 5.75. The summed E-state index contributed by atoms with van der Waals surface area (Å²) in [6.45, 7) is 0. The number of hydrogen-bond donors (Lipinski definition) is 1. The molecule has 0 unspecified atom stereocenters. The van der Waals surface area contributed by atoms with Crippen LogP contribution in [0.25, 0.3) is 10.6 Å². The van der Waals surface area contributed by atoms with Gasteiger partial charge in [-0.05, 0) is 0 Å². The van der Waals surface area contributed by atoms with Crippen LogP contribution in [0.3, 0.4) is 0 Å². The van der Waals surface area contributed by atoms with E-state index in [1.165, 1.54) is 11.3 Å². The molecule has 1 aromatic carbocycles. The van der Waals surface area contributed by atoms with E-state index in [0.717, 1.165) is 10.6 Å². The number of benzene rings is 1. The SMILES string of the molecule is Nc1sc(-c2ccccc2)nc1Cl. The fourth-order valence-corrected chi connectivity index (χ4v) is 2.00. The normalized spacial score (nSPS) is 10.2. The van der Waals surface area contributed by atoms with E-state index in [2.05, 4.69) is 4.98 Å². The van der Waals surface area contributed by atoms with Crippen LogP contribution in [0, 0.1) is 0 Å². The maximum Gasteiger partial charge on any atom is 0.164 e. The predicted octanol–water partition coefficient (Wildman–Crippen LogP) is 3.05. The Bertz CT molecular complexity index is 391. The minimum absolute atomic E-state index is 0.392. The molecule has 4 heteroatoms. The summed E-state index contributed by atoms with van der Waals surface area (Å²) in [4.78, 5) is 4.14. The fraction of sp³-hybridized carbons (Fsp3) is 0. The Labute approximate surface area is 85.0 Å². The zero-order chi connectivity index (χ0) is 9.26. The standard InChI is InChI=1S/C9H7ClN2S/c10-7-8(11)13-9(12-7)6-4-2-1-3-5-6/h1-5H,11H2. The zero-order valence-electron chi connectivity index (χ0n) is 6.70. The summed E-state index contributed by atoms with van der Waals surface area (Å²) in [7, 11) is 0. The number of anilines is 1. The van der Waals surface area contributed by atoms with Crippen LogP contribution in [0.1, 0.15) is 0 Å². The molecular formula is C9H7ClN2S. The Kier molecular flexibility index (Phi) is 2.20. The Morgan fingerprint density at radius 1 is 1.23 bits per heavy atom. The van der Waals surface area contributed by atoms with Gasteiger partial charge in [0.05, 0.1) is 0 Å². The minimum Gasteiger partial charge on any atom is -0.388 e. The highest BCUT2D eigenvalue weighted by Crippen LogP contribution is 2.32. The van der Waals surface area contributed by atoms with Crippen LogP contribution in [0.2, 0.25) is 5.15 Å². The third kappa shape index (κ3) is 1.66. The van der Waals surface area contributed by atoms with Crippen molar-refractivity contribution in [2.75, 3.05) is 5.73 Å². The lowest BCUT2D eigenvalue weighted by Crippen LogP contribution is -1.77. The number of aromatic nitrogens is 1. The van der Waals surface area contributed by atoms with E-state index < -0.39 is 0 Å². The topological polar surface area (TPSA) is 38.9 Å². The largest absolute Gasteiger partial charge is 0.388 e. The summed E-state index contributed by atoms with van der Waals surface area (Å²) in [6, 6.07) is 9.84. The van der Waals surface area contributed by atoms with Crippen molar-refractivity contribution in [2.45, 2.75) is 0 Å². The van der Waals surface area contributed by atoms with E-state index in [-0.39, 0.29) is 0 Å². The van der Waals surface area contributed by atoms with E-state index in [9.17, 15) is 0 Å². The molecule has 0 fully saturated rings. The Balaban J connectivity index is 2.48. The number of nitrogens with zero attached hydrogens (tertiary/aromatic N) is 1. The van der Waals surface area contributed by atoms with Gasteiger partial charge in [0.15, 0.2) is 5.15 Å². The first-order valence-electron chi connectivity index (χ1n) is 3.74. The average Bonchev–Trinajstić information content (AvgIpc) is 2.49. The van der Waals surface area contributed by atoms with E-state index in [1.807, 2.05) is 30.3 Å². The van der Waals surface area contributed by atoms with Gasteiger partial charge in [-0.1, -0.05) is 53.3 Å². The molecule has 0 saturated heterocycles. The van der Waals surface area contributed by atoms with Gasteiger partial charge in [0.2, 0.25) is 0 Å². The molecule has 0 spiro atoms. The number of thiazole rings is 1. The fourth-order valence-electron chi connectivity index (χ4n) is 1.02. The molecule has 1 aromatic heterocycles. The highest BCUT2D eigenvalue weighted by molar-refractivity contribution is 7.19. The molecule has 66 valence electrons. The third-order valence-corrected chi connectivity index (χ3v) is 2.96. The van der Waals surface area contributed by atoms with E-state index in [1.54, 1.807) is 0 Å². The molecule has 2 nitrogen and oxygen atoms in total. The van der Waals surface area contributed by atoms with Crippen molar-refractivity contribution in [3.05, 3.63) is 35.5 Å². The molecule has 13 heavy (non-hydrogen) atoms. The van der Waals surface area contributed by atoms with Gasteiger partial charge in [-0.2, -0.15) is 0 Å². The molecule has 0 atom stereocenters. The van der Waals surface area contributed by atoms with Gasteiger partial charge < -0.3 is 5.73 Å². The van der Waals surface area contributed by atoms with Gasteiger partial charge in [-0.15, -0.1) is 0 Å². The van der Waals surface area contributed by atoms with Crippen LogP contribution >= 0.6 is 22.9 Å². The Morgan fingerprint density at radius 3 is 2.46 bits per heavy atom. The molecule has 0 aliphatic heterocycles. The summed E-state index contributed by atoms with van der Waals surface area (Å²) >= 11 is 7.16. The predicted molar refractivity (Wildman–Crippen MR) is 57.0 cm³/mol. The molecule has 2 aromatic rings. The van der Waals surface area contributed by atoms with Crippen LogP contribution in [0.15, 0.2) is 30.3 Å². The molecule has 0 aliphatic carbocycles. The minimum atomic E-state index is 0.392. The third-order valence-electron chi connectivity index (χ3n) is 1.63. The summed E-state index contributed by atoms with van der Waals surface area (Å²) in [5.74, 6) is 0. The lowest BCUT2D eigenvalue weighted by atomic mass is 10.2. The van der Waals surface area contributed by atoms with Crippen LogP contribution in [-0.4, -0.2) is 4.98 Å². The number of halogens is 1. The highest BCUT2D eigenvalue weighted by atomic mass is 35.5. The van der Waals surface area contributed by atoms with Crippen molar-refractivity contribution < 1.29 is 0 Å². The average molecular weight is 211 g/mol.